The van der Waals surface area contributed by atoms with Gasteiger partial charge in [0, 0.05) is 13.1 Å². The molecule has 2 atom stereocenters. The summed E-state index contributed by atoms with van der Waals surface area (Å²) in [7, 11) is 1.83. The van der Waals surface area contributed by atoms with Crippen LogP contribution in [0.4, 0.5) is 0 Å². The average molecular weight is 264 g/mol. The van der Waals surface area contributed by atoms with Crippen molar-refractivity contribution >= 4 is 5.91 Å². The first-order valence-corrected chi connectivity index (χ1v) is 7.14. The number of furan rings is 1. The predicted molar refractivity (Wildman–Crippen MR) is 74.5 cm³/mol. The molecule has 1 saturated carbocycles. The highest BCUT2D eigenvalue weighted by molar-refractivity contribution is 5.79. The monoisotopic (exact) mass is 264 g/mol. The standard InChI is InChI=1S/C15H24N2O2/c1-11-8-9-12(19-11)10-17(2)15(18)13-6-4-3-5-7-14(13)16/h8-9,13-14H,3-7,10,16H2,1-2H3. The molecule has 2 N–H and O–H groups in total. The van der Waals surface area contributed by atoms with Gasteiger partial charge in [0.15, 0.2) is 0 Å². The van der Waals surface area contributed by atoms with Crippen LogP contribution in [0.3, 0.4) is 0 Å². The Morgan fingerprint density at radius 3 is 2.79 bits per heavy atom. The summed E-state index contributed by atoms with van der Waals surface area (Å²) in [5.41, 5.74) is 6.14. The molecule has 0 aromatic carbocycles. The summed E-state index contributed by atoms with van der Waals surface area (Å²) in [4.78, 5) is 14.2. The van der Waals surface area contributed by atoms with Crippen LogP contribution >= 0.6 is 0 Å². The Morgan fingerprint density at radius 1 is 1.37 bits per heavy atom. The summed E-state index contributed by atoms with van der Waals surface area (Å²) >= 11 is 0. The Balaban J connectivity index is 1.97. The molecule has 2 unspecified atom stereocenters. The maximum Gasteiger partial charge on any atom is 0.227 e. The lowest BCUT2D eigenvalue weighted by Crippen LogP contribution is -2.41. The molecule has 19 heavy (non-hydrogen) atoms. The van der Waals surface area contributed by atoms with E-state index in [4.69, 9.17) is 10.2 Å². The summed E-state index contributed by atoms with van der Waals surface area (Å²) < 4.78 is 5.52. The molecule has 4 heteroatoms. The summed E-state index contributed by atoms with van der Waals surface area (Å²) in [5, 5.41) is 0. The van der Waals surface area contributed by atoms with Crippen LogP contribution in [0, 0.1) is 12.8 Å². The Morgan fingerprint density at radius 2 is 2.11 bits per heavy atom. The lowest BCUT2D eigenvalue weighted by molar-refractivity contribution is -0.135. The minimum absolute atomic E-state index is 0.00999. The van der Waals surface area contributed by atoms with Gasteiger partial charge in [0.05, 0.1) is 12.5 Å². The Labute approximate surface area is 114 Å². The number of amides is 1. The number of hydrogen-bond acceptors (Lipinski definition) is 3. The number of carbonyl (C=O) groups excluding carboxylic acids is 1. The fourth-order valence-electron chi connectivity index (χ4n) is 2.81. The van der Waals surface area contributed by atoms with E-state index in [0.29, 0.717) is 6.54 Å². The van der Waals surface area contributed by atoms with Crippen LogP contribution in [0.15, 0.2) is 16.5 Å². The molecular weight excluding hydrogens is 240 g/mol. The number of aryl methyl sites for hydroxylation is 1. The zero-order chi connectivity index (χ0) is 13.8. The van der Waals surface area contributed by atoms with Gasteiger partial charge in [-0.25, -0.2) is 0 Å². The molecule has 1 aromatic rings. The number of nitrogens with two attached hydrogens (primary N) is 1. The first kappa shape index (κ1) is 14.1. The van der Waals surface area contributed by atoms with Crippen LogP contribution in [0.5, 0.6) is 0 Å². The summed E-state index contributed by atoms with van der Waals surface area (Å²) in [6.45, 7) is 2.43. The predicted octanol–water partition coefficient (Wildman–Crippen LogP) is 2.45. The molecule has 0 saturated heterocycles. The highest BCUT2D eigenvalue weighted by Gasteiger charge is 2.29. The fourth-order valence-corrected chi connectivity index (χ4v) is 2.81. The van der Waals surface area contributed by atoms with Crippen molar-refractivity contribution < 1.29 is 9.21 Å². The highest BCUT2D eigenvalue weighted by Crippen LogP contribution is 2.24. The second-order valence-corrected chi connectivity index (χ2v) is 5.62. The minimum Gasteiger partial charge on any atom is -0.464 e. The average Bonchev–Trinajstić information content (AvgIpc) is 2.66. The van der Waals surface area contributed by atoms with Gasteiger partial charge in [-0.3, -0.25) is 4.79 Å². The Hall–Kier alpha value is -1.29. The van der Waals surface area contributed by atoms with Gasteiger partial charge >= 0.3 is 0 Å². The third-order valence-corrected chi connectivity index (χ3v) is 3.95. The first-order chi connectivity index (χ1) is 9.08. The molecule has 4 nitrogen and oxygen atoms in total. The van der Waals surface area contributed by atoms with E-state index in [-0.39, 0.29) is 17.9 Å². The summed E-state index contributed by atoms with van der Waals surface area (Å²) in [6.07, 6.45) is 5.33. The zero-order valence-electron chi connectivity index (χ0n) is 11.9. The molecule has 1 amide bonds. The van der Waals surface area contributed by atoms with Gasteiger partial charge in [-0.15, -0.1) is 0 Å². The van der Waals surface area contributed by atoms with E-state index < -0.39 is 0 Å². The van der Waals surface area contributed by atoms with Crippen LogP contribution < -0.4 is 5.73 Å². The first-order valence-electron chi connectivity index (χ1n) is 7.14. The van der Waals surface area contributed by atoms with Crippen molar-refractivity contribution in [3.63, 3.8) is 0 Å². The van der Waals surface area contributed by atoms with Crippen molar-refractivity contribution in [1.29, 1.82) is 0 Å². The third-order valence-electron chi connectivity index (χ3n) is 3.95. The molecule has 0 radical (unpaired) electrons. The lowest BCUT2D eigenvalue weighted by atomic mass is 9.94. The highest BCUT2D eigenvalue weighted by atomic mass is 16.3. The molecule has 0 bridgehead atoms. The Kier molecular flexibility index (Phi) is 4.64. The molecule has 0 aliphatic heterocycles. The van der Waals surface area contributed by atoms with Crippen LogP contribution in [0.2, 0.25) is 0 Å². The van der Waals surface area contributed by atoms with Crippen LogP contribution in [-0.4, -0.2) is 23.9 Å². The third kappa shape index (κ3) is 3.60. The normalized spacial score (nSPS) is 23.9. The zero-order valence-corrected chi connectivity index (χ0v) is 11.9. The van der Waals surface area contributed by atoms with E-state index >= 15 is 0 Å². The van der Waals surface area contributed by atoms with Gasteiger partial charge in [-0.2, -0.15) is 0 Å². The molecule has 0 spiro atoms. The van der Waals surface area contributed by atoms with E-state index in [2.05, 4.69) is 0 Å². The molecule has 106 valence electrons. The lowest BCUT2D eigenvalue weighted by Gasteiger charge is -2.26. The quantitative estimate of drug-likeness (QED) is 0.853. The van der Waals surface area contributed by atoms with E-state index in [0.717, 1.165) is 37.2 Å². The molecule has 1 aliphatic carbocycles. The van der Waals surface area contributed by atoms with Crippen LogP contribution in [0.1, 0.15) is 43.6 Å². The largest absolute Gasteiger partial charge is 0.464 e. The second kappa shape index (κ2) is 6.24. The smallest absolute Gasteiger partial charge is 0.227 e. The van der Waals surface area contributed by atoms with Crippen molar-refractivity contribution in [2.24, 2.45) is 11.7 Å². The van der Waals surface area contributed by atoms with Crippen molar-refractivity contribution in [3.05, 3.63) is 23.7 Å². The fraction of sp³-hybridized carbons (Fsp3) is 0.667. The molecule has 2 rings (SSSR count). The van der Waals surface area contributed by atoms with Crippen molar-refractivity contribution in [1.82, 2.24) is 4.90 Å². The maximum absolute atomic E-state index is 12.5. The summed E-state index contributed by atoms with van der Waals surface area (Å²) in [6, 6.07) is 3.85. The van der Waals surface area contributed by atoms with Gasteiger partial charge in [-0.05, 0) is 31.9 Å². The molecule has 1 heterocycles. The minimum atomic E-state index is -0.0245. The van der Waals surface area contributed by atoms with Gasteiger partial charge in [0.1, 0.15) is 11.5 Å². The van der Waals surface area contributed by atoms with Crippen molar-refractivity contribution in [2.75, 3.05) is 7.05 Å². The van der Waals surface area contributed by atoms with E-state index in [1.165, 1.54) is 6.42 Å². The molecule has 1 aliphatic rings. The summed E-state index contributed by atoms with van der Waals surface area (Å²) in [5.74, 6) is 1.84. The van der Waals surface area contributed by atoms with E-state index in [9.17, 15) is 4.79 Å². The van der Waals surface area contributed by atoms with Gasteiger partial charge in [0.25, 0.3) is 0 Å². The van der Waals surface area contributed by atoms with Crippen molar-refractivity contribution in [2.45, 2.75) is 51.6 Å². The molecular formula is C15H24N2O2. The van der Waals surface area contributed by atoms with Gasteiger partial charge in [-0.1, -0.05) is 19.3 Å². The number of hydrogen-bond donors (Lipinski definition) is 1. The van der Waals surface area contributed by atoms with E-state index in [1.54, 1.807) is 4.90 Å². The maximum atomic E-state index is 12.5. The molecule has 1 aromatic heterocycles. The number of rotatable bonds is 3. The SMILES string of the molecule is Cc1ccc(CN(C)C(=O)C2CCCCCC2N)o1. The topological polar surface area (TPSA) is 59.5 Å². The van der Waals surface area contributed by atoms with Crippen molar-refractivity contribution in [3.8, 4) is 0 Å². The van der Waals surface area contributed by atoms with Gasteiger partial charge < -0.3 is 15.1 Å². The second-order valence-electron chi connectivity index (χ2n) is 5.62. The van der Waals surface area contributed by atoms with E-state index in [1.807, 2.05) is 26.1 Å². The van der Waals surface area contributed by atoms with Crippen LogP contribution in [0.25, 0.3) is 0 Å². The molecule has 1 fully saturated rings. The van der Waals surface area contributed by atoms with Crippen LogP contribution in [-0.2, 0) is 11.3 Å². The number of carbonyl (C=O) groups is 1. The Bertz CT molecular complexity index is 428. The number of nitrogens with zero attached hydrogens (tertiary/aromatic N) is 1. The van der Waals surface area contributed by atoms with Gasteiger partial charge in [0.2, 0.25) is 5.91 Å².